The zero-order valence-corrected chi connectivity index (χ0v) is 18.2. The Kier molecular flexibility index (Phi) is 6.24. The van der Waals surface area contributed by atoms with Crippen molar-refractivity contribution in [3.8, 4) is 5.75 Å². The minimum Gasteiger partial charge on any atom is -0.489 e. The number of amides is 4. The van der Waals surface area contributed by atoms with Gasteiger partial charge in [-0.15, -0.1) is 0 Å². The van der Waals surface area contributed by atoms with Crippen LogP contribution >= 0.6 is 11.6 Å². The van der Waals surface area contributed by atoms with Gasteiger partial charge in [0, 0.05) is 5.56 Å². The van der Waals surface area contributed by atoms with Gasteiger partial charge in [0.05, 0.1) is 10.7 Å². The Morgan fingerprint density at radius 3 is 2.45 bits per heavy atom. The summed E-state index contributed by atoms with van der Waals surface area (Å²) >= 11 is 6.01. The largest absolute Gasteiger partial charge is 0.489 e. The van der Waals surface area contributed by atoms with Crippen LogP contribution in [-0.2, 0) is 16.2 Å². The highest BCUT2D eigenvalue weighted by molar-refractivity contribution is 6.39. The number of aryl methyl sites for hydroxylation is 1. The van der Waals surface area contributed by atoms with Crippen LogP contribution in [-0.4, -0.2) is 17.8 Å². The highest BCUT2D eigenvalue weighted by atomic mass is 35.5. The third-order valence-electron chi connectivity index (χ3n) is 5.00. The summed E-state index contributed by atoms with van der Waals surface area (Å²) < 4.78 is 19.5. The Balaban J connectivity index is 1.53. The number of hydrogen-bond acceptors (Lipinski definition) is 4. The van der Waals surface area contributed by atoms with Crippen molar-refractivity contribution >= 4 is 41.2 Å². The Morgan fingerprint density at radius 1 is 1.03 bits per heavy atom. The van der Waals surface area contributed by atoms with Crippen molar-refractivity contribution in [2.45, 2.75) is 13.5 Å². The first kappa shape index (κ1) is 22.2. The van der Waals surface area contributed by atoms with Crippen molar-refractivity contribution < 1.29 is 23.5 Å². The Bertz CT molecular complexity index is 1270. The highest BCUT2D eigenvalue weighted by Gasteiger charge is 2.36. The van der Waals surface area contributed by atoms with Gasteiger partial charge in [0.1, 0.15) is 23.7 Å². The molecular formula is C25H18ClFN2O4. The molecule has 1 heterocycles. The number of carbonyl (C=O) groups is 3. The molecule has 1 aliphatic heterocycles. The normalized spacial score (nSPS) is 15.1. The van der Waals surface area contributed by atoms with Gasteiger partial charge in [-0.05, 0) is 60.5 Å². The molecule has 0 aromatic heterocycles. The van der Waals surface area contributed by atoms with Crippen molar-refractivity contribution in [1.82, 2.24) is 5.32 Å². The van der Waals surface area contributed by atoms with Crippen LogP contribution in [0.15, 0.2) is 72.3 Å². The quantitative estimate of drug-likeness (QED) is 0.424. The van der Waals surface area contributed by atoms with E-state index in [0.29, 0.717) is 17.0 Å². The monoisotopic (exact) mass is 464 g/mol. The predicted octanol–water partition coefficient (Wildman–Crippen LogP) is 5.03. The number of anilines is 1. The van der Waals surface area contributed by atoms with Crippen LogP contribution in [0.4, 0.5) is 14.9 Å². The molecule has 3 aromatic rings. The fraction of sp³-hybridized carbons (Fsp3) is 0.0800. The first-order valence-corrected chi connectivity index (χ1v) is 10.3. The molecule has 0 spiro atoms. The molecule has 0 unspecified atom stereocenters. The summed E-state index contributed by atoms with van der Waals surface area (Å²) in [4.78, 5) is 38.5. The first-order chi connectivity index (χ1) is 15.8. The van der Waals surface area contributed by atoms with Gasteiger partial charge in [0.15, 0.2) is 0 Å². The number of benzene rings is 3. The molecule has 166 valence electrons. The summed E-state index contributed by atoms with van der Waals surface area (Å²) in [6.07, 6.45) is 1.39. The summed E-state index contributed by atoms with van der Waals surface area (Å²) in [6, 6.07) is 17.0. The van der Waals surface area contributed by atoms with Crippen molar-refractivity contribution in [2.75, 3.05) is 4.90 Å². The van der Waals surface area contributed by atoms with Crippen LogP contribution in [0.2, 0.25) is 5.02 Å². The van der Waals surface area contributed by atoms with E-state index < -0.39 is 23.7 Å². The zero-order valence-electron chi connectivity index (χ0n) is 17.5. The highest BCUT2D eigenvalue weighted by Crippen LogP contribution is 2.24. The van der Waals surface area contributed by atoms with Crippen LogP contribution in [0.25, 0.3) is 6.08 Å². The van der Waals surface area contributed by atoms with E-state index >= 15 is 0 Å². The molecular weight excluding hydrogens is 447 g/mol. The predicted molar refractivity (Wildman–Crippen MR) is 122 cm³/mol. The molecule has 0 bridgehead atoms. The maximum absolute atomic E-state index is 13.9. The van der Waals surface area contributed by atoms with E-state index in [4.69, 9.17) is 16.3 Å². The molecule has 1 saturated heterocycles. The number of nitrogens with one attached hydrogen (secondary N) is 1. The number of rotatable bonds is 5. The lowest BCUT2D eigenvalue weighted by Crippen LogP contribution is -2.54. The van der Waals surface area contributed by atoms with Gasteiger partial charge in [-0.2, -0.15) is 0 Å². The molecule has 1 N–H and O–H groups in total. The minimum atomic E-state index is -0.802. The van der Waals surface area contributed by atoms with E-state index in [9.17, 15) is 18.8 Å². The molecule has 0 atom stereocenters. The summed E-state index contributed by atoms with van der Waals surface area (Å²) in [5.74, 6) is -1.50. The number of nitrogens with zero attached hydrogens (tertiary/aromatic N) is 1. The number of hydrogen-bond donors (Lipinski definition) is 1. The van der Waals surface area contributed by atoms with Gasteiger partial charge < -0.3 is 4.74 Å². The second-order valence-electron chi connectivity index (χ2n) is 7.35. The smallest absolute Gasteiger partial charge is 0.335 e. The molecule has 1 fully saturated rings. The Morgan fingerprint density at radius 2 is 1.76 bits per heavy atom. The van der Waals surface area contributed by atoms with Gasteiger partial charge in [-0.3, -0.25) is 14.9 Å². The van der Waals surface area contributed by atoms with Gasteiger partial charge in [-0.1, -0.05) is 41.9 Å². The lowest BCUT2D eigenvalue weighted by atomic mass is 10.1. The second kappa shape index (κ2) is 9.26. The van der Waals surface area contributed by atoms with Crippen molar-refractivity contribution in [2.24, 2.45) is 0 Å². The Labute approximate surface area is 194 Å². The molecule has 4 rings (SSSR count). The number of ether oxygens (including phenoxy) is 1. The van der Waals surface area contributed by atoms with Crippen LogP contribution in [0, 0.1) is 12.7 Å². The number of halogens is 2. The summed E-state index contributed by atoms with van der Waals surface area (Å²) in [5.41, 5.74) is 1.84. The number of barbiturate groups is 1. The summed E-state index contributed by atoms with van der Waals surface area (Å²) in [6.45, 7) is 1.78. The molecule has 33 heavy (non-hydrogen) atoms. The third kappa shape index (κ3) is 4.78. The number of imide groups is 2. The minimum absolute atomic E-state index is 0.0552. The molecule has 0 saturated carbocycles. The van der Waals surface area contributed by atoms with Crippen molar-refractivity contribution in [1.29, 1.82) is 0 Å². The fourth-order valence-electron chi connectivity index (χ4n) is 3.31. The zero-order chi connectivity index (χ0) is 23.5. The van der Waals surface area contributed by atoms with E-state index in [1.165, 1.54) is 18.2 Å². The summed E-state index contributed by atoms with van der Waals surface area (Å²) in [5, 5.41) is 2.46. The molecule has 3 aromatic carbocycles. The molecule has 0 radical (unpaired) electrons. The van der Waals surface area contributed by atoms with Gasteiger partial charge in [0.2, 0.25) is 0 Å². The number of urea groups is 1. The Hall–Kier alpha value is -3.97. The molecule has 8 heteroatoms. The van der Waals surface area contributed by atoms with Gasteiger partial charge in [0.25, 0.3) is 11.8 Å². The molecule has 0 aliphatic carbocycles. The maximum Gasteiger partial charge on any atom is 0.335 e. The molecule has 4 amide bonds. The van der Waals surface area contributed by atoms with E-state index in [-0.39, 0.29) is 22.8 Å². The van der Waals surface area contributed by atoms with E-state index in [1.54, 1.807) is 48.5 Å². The topological polar surface area (TPSA) is 75.7 Å². The average Bonchev–Trinajstić information content (AvgIpc) is 2.77. The summed E-state index contributed by atoms with van der Waals surface area (Å²) in [7, 11) is 0. The van der Waals surface area contributed by atoms with Crippen molar-refractivity contribution in [3.05, 3.63) is 99.8 Å². The van der Waals surface area contributed by atoms with Gasteiger partial charge >= 0.3 is 6.03 Å². The lowest BCUT2D eigenvalue weighted by Gasteiger charge is -2.26. The van der Waals surface area contributed by atoms with E-state index in [1.807, 2.05) is 13.0 Å². The third-order valence-corrected chi connectivity index (χ3v) is 5.35. The first-order valence-electron chi connectivity index (χ1n) is 9.97. The van der Waals surface area contributed by atoms with E-state index in [2.05, 4.69) is 5.32 Å². The van der Waals surface area contributed by atoms with Crippen LogP contribution in [0.5, 0.6) is 5.75 Å². The maximum atomic E-state index is 13.9. The van der Waals surface area contributed by atoms with E-state index in [0.717, 1.165) is 10.5 Å². The van der Waals surface area contributed by atoms with Crippen LogP contribution < -0.4 is 15.0 Å². The molecule has 1 aliphatic rings. The van der Waals surface area contributed by atoms with Crippen LogP contribution in [0.1, 0.15) is 16.7 Å². The van der Waals surface area contributed by atoms with Crippen molar-refractivity contribution in [3.63, 3.8) is 0 Å². The standard InChI is InChI=1S/C25H18ClFN2O4/c1-15-4-2-5-17(12-15)29-24(31)19(23(30)28-25(29)32)13-16-8-10-18(11-9-16)33-14-20-21(26)6-3-7-22(20)27/h2-13H,14H2,1H3,(H,28,30,32)/b19-13+. The average molecular weight is 465 g/mol. The van der Waals surface area contributed by atoms with Crippen LogP contribution in [0.3, 0.4) is 0 Å². The fourth-order valence-corrected chi connectivity index (χ4v) is 3.53. The second-order valence-corrected chi connectivity index (χ2v) is 7.76. The number of carbonyl (C=O) groups excluding carboxylic acids is 3. The lowest BCUT2D eigenvalue weighted by molar-refractivity contribution is -0.122. The SMILES string of the molecule is Cc1cccc(N2C(=O)NC(=O)/C(=C\c3ccc(OCc4c(F)cccc4Cl)cc3)C2=O)c1. The van der Waals surface area contributed by atoms with Gasteiger partial charge in [-0.25, -0.2) is 14.1 Å². The molecule has 6 nitrogen and oxygen atoms in total.